The summed E-state index contributed by atoms with van der Waals surface area (Å²) >= 11 is 0. The molecule has 0 N–H and O–H groups in total. The van der Waals surface area contributed by atoms with Gasteiger partial charge in [0.15, 0.2) is 0 Å². The van der Waals surface area contributed by atoms with Crippen molar-refractivity contribution < 1.29 is 4.42 Å². The molecule has 63 heavy (non-hydrogen) atoms. The van der Waals surface area contributed by atoms with Crippen LogP contribution in [0.15, 0.2) is 235 Å². The summed E-state index contributed by atoms with van der Waals surface area (Å²) in [6.45, 7) is 0. The predicted octanol–water partition coefficient (Wildman–Crippen LogP) is 16.4. The number of rotatable bonds is 6. The van der Waals surface area contributed by atoms with Gasteiger partial charge >= 0.3 is 0 Å². The van der Waals surface area contributed by atoms with Crippen LogP contribution in [0.4, 0.5) is 0 Å². The summed E-state index contributed by atoms with van der Waals surface area (Å²) in [5, 5.41) is 7.29. The summed E-state index contributed by atoms with van der Waals surface area (Å²) in [6.07, 6.45) is 0. The van der Waals surface area contributed by atoms with E-state index in [-0.39, 0.29) is 0 Å². The number of hydrogen-bond donors (Lipinski definition) is 0. The number of hydrogen-bond acceptors (Lipinski definition) is 1. The van der Waals surface area contributed by atoms with Crippen LogP contribution in [-0.4, -0.2) is 9.13 Å². The van der Waals surface area contributed by atoms with E-state index in [1.54, 1.807) is 0 Å². The fourth-order valence-electron chi connectivity index (χ4n) is 10.1. The molecule has 0 unspecified atom stereocenters. The minimum absolute atomic E-state index is 0.917. The zero-order chi connectivity index (χ0) is 41.4. The molecule has 3 nitrogen and oxygen atoms in total. The third kappa shape index (κ3) is 5.53. The SMILES string of the molecule is c1ccc(-n2c3ccccc3c3c(-c4cccc5c6ccccc6n(-c6ccc(-c7ccc(-c8ccc(-c9cccc%10c9oc9ccccc9%10)cc8)cc7)cc6)c45)cccc32)cc1. The second-order valence-corrected chi connectivity index (χ2v) is 16.4. The van der Waals surface area contributed by atoms with Gasteiger partial charge in [0, 0.05) is 54.8 Å². The maximum atomic E-state index is 6.34. The summed E-state index contributed by atoms with van der Waals surface area (Å²) < 4.78 is 11.2. The molecule has 0 bridgehead atoms. The Morgan fingerprint density at radius 3 is 1.46 bits per heavy atom. The highest BCUT2D eigenvalue weighted by Gasteiger charge is 2.21. The lowest BCUT2D eigenvalue weighted by Gasteiger charge is -2.14. The Kier molecular flexibility index (Phi) is 7.91. The van der Waals surface area contributed by atoms with E-state index in [4.69, 9.17) is 4.42 Å². The van der Waals surface area contributed by atoms with Gasteiger partial charge in [0.2, 0.25) is 0 Å². The van der Waals surface area contributed by atoms with Crippen LogP contribution >= 0.6 is 0 Å². The summed E-state index contributed by atoms with van der Waals surface area (Å²) in [5.41, 5.74) is 18.4. The molecule has 0 aliphatic rings. The molecule has 0 atom stereocenters. The van der Waals surface area contributed by atoms with Crippen molar-refractivity contribution in [3.05, 3.63) is 231 Å². The van der Waals surface area contributed by atoms with E-state index in [0.29, 0.717) is 0 Å². The molecular weight excluding hydrogens is 765 g/mol. The van der Waals surface area contributed by atoms with Gasteiger partial charge in [-0.25, -0.2) is 0 Å². The Hall–Kier alpha value is -8.40. The summed E-state index contributed by atoms with van der Waals surface area (Å²) in [4.78, 5) is 0. The molecule has 294 valence electrons. The zero-order valence-corrected chi connectivity index (χ0v) is 34.2. The lowest BCUT2D eigenvalue weighted by molar-refractivity contribution is 0.670. The van der Waals surface area contributed by atoms with Gasteiger partial charge in [-0.15, -0.1) is 0 Å². The quantitative estimate of drug-likeness (QED) is 0.164. The van der Waals surface area contributed by atoms with Crippen LogP contribution in [0, 0.1) is 0 Å². The molecule has 0 aliphatic carbocycles. The molecule has 3 heteroatoms. The van der Waals surface area contributed by atoms with E-state index in [1.165, 1.54) is 77.0 Å². The predicted molar refractivity (Wildman–Crippen MR) is 264 cm³/mol. The molecule has 13 aromatic rings. The molecule has 0 saturated heterocycles. The monoisotopic (exact) mass is 802 g/mol. The molecule has 10 aromatic carbocycles. The first-order valence-corrected chi connectivity index (χ1v) is 21.6. The largest absolute Gasteiger partial charge is 0.455 e. The van der Waals surface area contributed by atoms with Crippen LogP contribution in [0.3, 0.4) is 0 Å². The highest BCUT2D eigenvalue weighted by Crippen LogP contribution is 2.44. The van der Waals surface area contributed by atoms with Gasteiger partial charge in [0.05, 0.1) is 22.1 Å². The second-order valence-electron chi connectivity index (χ2n) is 16.4. The lowest BCUT2D eigenvalue weighted by Crippen LogP contribution is -1.96. The highest BCUT2D eigenvalue weighted by atomic mass is 16.3. The average Bonchev–Trinajstić information content (AvgIpc) is 4.03. The van der Waals surface area contributed by atoms with Crippen LogP contribution < -0.4 is 0 Å². The molecule has 0 saturated carbocycles. The van der Waals surface area contributed by atoms with Crippen molar-refractivity contribution in [1.82, 2.24) is 9.13 Å². The normalized spacial score (nSPS) is 11.8. The third-order valence-electron chi connectivity index (χ3n) is 13.0. The Morgan fingerprint density at radius 2 is 0.746 bits per heavy atom. The molecule has 0 amide bonds. The van der Waals surface area contributed by atoms with Gasteiger partial charge in [0.25, 0.3) is 0 Å². The van der Waals surface area contributed by atoms with Gasteiger partial charge in [-0.3, -0.25) is 0 Å². The zero-order valence-electron chi connectivity index (χ0n) is 34.2. The smallest absolute Gasteiger partial charge is 0.143 e. The Balaban J connectivity index is 0.869. The average molecular weight is 803 g/mol. The first kappa shape index (κ1) is 35.4. The van der Waals surface area contributed by atoms with Gasteiger partial charge in [-0.1, -0.05) is 182 Å². The van der Waals surface area contributed by atoms with Gasteiger partial charge < -0.3 is 13.6 Å². The first-order valence-electron chi connectivity index (χ1n) is 21.6. The maximum absolute atomic E-state index is 6.34. The first-order chi connectivity index (χ1) is 31.3. The van der Waals surface area contributed by atoms with Crippen molar-refractivity contribution in [1.29, 1.82) is 0 Å². The van der Waals surface area contributed by atoms with Crippen LogP contribution in [0.1, 0.15) is 0 Å². The molecule has 13 rings (SSSR count). The topological polar surface area (TPSA) is 23.0 Å². The van der Waals surface area contributed by atoms with Crippen LogP contribution in [0.5, 0.6) is 0 Å². The Morgan fingerprint density at radius 1 is 0.270 bits per heavy atom. The van der Waals surface area contributed by atoms with E-state index in [1.807, 2.05) is 12.1 Å². The molecule has 0 aliphatic heterocycles. The summed E-state index contributed by atoms with van der Waals surface area (Å²) in [7, 11) is 0. The number of furan rings is 1. The maximum Gasteiger partial charge on any atom is 0.143 e. The van der Waals surface area contributed by atoms with Crippen LogP contribution in [0.2, 0.25) is 0 Å². The Labute approximate surface area is 363 Å². The van der Waals surface area contributed by atoms with E-state index in [2.05, 4.69) is 228 Å². The summed E-state index contributed by atoms with van der Waals surface area (Å²) in [6, 6.07) is 83.3. The number of fused-ring (bicyclic) bond motifs is 9. The van der Waals surface area contributed by atoms with Crippen molar-refractivity contribution >= 4 is 65.6 Å². The van der Waals surface area contributed by atoms with Crippen LogP contribution in [-0.2, 0) is 0 Å². The van der Waals surface area contributed by atoms with E-state index in [0.717, 1.165) is 44.4 Å². The lowest BCUT2D eigenvalue weighted by atomic mass is 9.97. The third-order valence-corrected chi connectivity index (χ3v) is 13.0. The number of nitrogens with zero attached hydrogens (tertiary/aromatic N) is 2. The van der Waals surface area contributed by atoms with Crippen molar-refractivity contribution in [2.75, 3.05) is 0 Å². The molecule has 3 heterocycles. The summed E-state index contributed by atoms with van der Waals surface area (Å²) in [5.74, 6) is 0. The fraction of sp³-hybridized carbons (Fsp3) is 0. The van der Waals surface area contributed by atoms with Crippen molar-refractivity contribution in [3.63, 3.8) is 0 Å². The standard InChI is InChI=1S/C60H38N2O/c1-2-13-44(14-3-1)61-55-24-8-5-17-53(55)58-49(19-12-25-56(58)61)51-21-11-20-50-47-15-4-7-23-54(47)62(59(50)51)45-37-35-42(36-38-45)40-29-27-39(28-30-40)41-31-33-43(34-32-41)46-18-10-22-52-48-16-6-9-26-57(48)63-60(46)52/h1-38H. The molecular formula is C60H38N2O. The molecule has 0 spiro atoms. The highest BCUT2D eigenvalue weighted by molar-refractivity contribution is 6.20. The number of benzene rings is 10. The minimum Gasteiger partial charge on any atom is -0.455 e. The van der Waals surface area contributed by atoms with Crippen molar-refractivity contribution in [2.45, 2.75) is 0 Å². The number of para-hydroxylation sites is 6. The van der Waals surface area contributed by atoms with Crippen molar-refractivity contribution in [2.24, 2.45) is 0 Å². The minimum atomic E-state index is 0.917. The van der Waals surface area contributed by atoms with Gasteiger partial charge in [-0.05, 0) is 81.9 Å². The fourth-order valence-corrected chi connectivity index (χ4v) is 10.1. The molecule has 0 radical (unpaired) electrons. The van der Waals surface area contributed by atoms with Crippen LogP contribution in [0.25, 0.3) is 121 Å². The second kappa shape index (κ2) is 14.1. The molecule has 3 aromatic heterocycles. The van der Waals surface area contributed by atoms with Gasteiger partial charge in [0.1, 0.15) is 11.2 Å². The van der Waals surface area contributed by atoms with E-state index >= 15 is 0 Å². The molecule has 0 fully saturated rings. The van der Waals surface area contributed by atoms with E-state index < -0.39 is 0 Å². The van der Waals surface area contributed by atoms with Crippen molar-refractivity contribution in [3.8, 4) is 55.9 Å². The number of aromatic nitrogens is 2. The Bertz CT molecular complexity index is 3870. The van der Waals surface area contributed by atoms with Gasteiger partial charge in [-0.2, -0.15) is 0 Å². The van der Waals surface area contributed by atoms with E-state index in [9.17, 15) is 0 Å².